The van der Waals surface area contributed by atoms with Crippen LogP contribution < -0.4 is 19.3 Å². The van der Waals surface area contributed by atoms with Crippen molar-refractivity contribution in [2.45, 2.75) is 24.7 Å². The molecule has 0 aromatic heterocycles. The van der Waals surface area contributed by atoms with Crippen LogP contribution in [0.3, 0.4) is 0 Å². The molecule has 16 rings (SSSR count). The molecule has 0 bridgehead atoms. The number of aryl methyl sites for hydroxylation is 2. The zero-order valence-electron chi connectivity index (χ0n) is 55.4. The number of benzene rings is 14. The maximum Gasteiger partial charge on any atom is 0.159 e. The molecule has 2 aliphatic rings. The van der Waals surface area contributed by atoms with Crippen molar-refractivity contribution < 1.29 is 35.8 Å². The van der Waals surface area contributed by atoms with E-state index in [9.17, 15) is 0 Å². The molecule has 14 aromatic rings. The number of hydrogen-bond donors (Lipinski definition) is 0. The van der Waals surface area contributed by atoms with Crippen LogP contribution in [0.25, 0.3) is 45.5 Å². The Balaban J connectivity index is 0.781. The third-order valence-corrected chi connectivity index (χ3v) is 19.9. The predicted molar refractivity (Wildman–Crippen MR) is 398 cm³/mol. The first-order valence-corrected chi connectivity index (χ1v) is 33.4. The molecule has 0 radical (unpaired) electrons. The molecule has 10 heteroatoms. The molecule has 0 N–H and O–H groups in total. The maximum absolute atomic E-state index is 15.9. The molecule has 0 heterocycles. The first-order valence-electron chi connectivity index (χ1n) is 33.4. The summed E-state index contributed by atoms with van der Waals surface area (Å²) in [6, 6.07) is 93.6. The molecule has 102 heavy (non-hydrogen) atoms. The topological polar surface area (TPSA) is 24.9 Å². The lowest BCUT2D eigenvalue weighted by Gasteiger charge is -2.35. The van der Waals surface area contributed by atoms with Gasteiger partial charge in [-0.25, -0.2) is 26.3 Å². The van der Waals surface area contributed by atoms with Gasteiger partial charge in [-0.2, -0.15) is 0 Å². The molecule has 494 valence electrons. The molecule has 2 aliphatic carbocycles. The highest BCUT2D eigenvalue weighted by molar-refractivity contribution is 5.92. The average Bonchev–Trinajstić information content (AvgIpc) is 1.54. The van der Waals surface area contributed by atoms with Crippen LogP contribution in [-0.2, 0) is 10.8 Å². The number of halogens is 6. The molecule has 0 spiro atoms. The van der Waals surface area contributed by atoms with Gasteiger partial charge in [-0.1, -0.05) is 171 Å². The highest BCUT2D eigenvalue weighted by atomic mass is 19.2. The summed E-state index contributed by atoms with van der Waals surface area (Å²) < 4.78 is 106. The lowest BCUT2D eigenvalue weighted by molar-refractivity contribution is 0.482. The monoisotopic (exact) mass is 1340 g/mol. The number of hydrogen-bond acceptors (Lipinski definition) is 4. The normalized spacial score (nSPS) is 14.6. The number of ether oxygens (including phenoxy) is 2. The Bertz CT molecular complexity index is 5250. The highest BCUT2D eigenvalue weighted by Gasteiger charge is 2.49. The number of fused-ring (bicyclic) bond motifs is 6. The Kier molecular flexibility index (Phi) is 16.3. The van der Waals surface area contributed by atoms with Crippen molar-refractivity contribution in [3.63, 3.8) is 0 Å². The van der Waals surface area contributed by atoms with Gasteiger partial charge < -0.3 is 19.3 Å². The predicted octanol–water partition coefficient (Wildman–Crippen LogP) is 25.3. The van der Waals surface area contributed by atoms with Crippen LogP contribution in [0.5, 0.6) is 23.0 Å². The van der Waals surface area contributed by atoms with Crippen molar-refractivity contribution in [1.82, 2.24) is 0 Å². The second-order valence-electron chi connectivity index (χ2n) is 25.7. The summed E-state index contributed by atoms with van der Waals surface area (Å²) in [6.07, 6.45) is 3.53. The summed E-state index contributed by atoms with van der Waals surface area (Å²) >= 11 is 0. The lowest BCUT2D eigenvalue weighted by Crippen LogP contribution is -2.29. The zero-order valence-corrected chi connectivity index (χ0v) is 55.4. The minimum Gasteiger partial charge on any atom is -0.457 e. The lowest BCUT2D eigenvalue weighted by atomic mass is 9.67. The van der Waals surface area contributed by atoms with Gasteiger partial charge in [0.05, 0.1) is 10.8 Å². The van der Waals surface area contributed by atoms with Crippen molar-refractivity contribution in [1.29, 1.82) is 0 Å². The smallest absolute Gasteiger partial charge is 0.159 e. The van der Waals surface area contributed by atoms with Gasteiger partial charge in [0.2, 0.25) is 0 Å². The van der Waals surface area contributed by atoms with E-state index >= 15 is 26.3 Å². The maximum atomic E-state index is 15.9. The van der Waals surface area contributed by atoms with Crippen molar-refractivity contribution >= 4 is 46.3 Å². The summed E-state index contributed by atoms with van der Waals surface area (Å²) in [4.78, 5) is 4.14. The van der Waals surface area contributed by atoms with Crippen LogP contribution in [0, 0.1) is 48.8 Å². The third-order valence-electron chi connectivity index (χ3n) is 19.9. The number of anilines is 6. The van der Waals surface area contributed by atoms with Gasteiger partial charge in [0, 0.05) is 34.1 Å². The first-order chi connectivity index (χ1) is 49.7. The van der Waals surface area contributed by atoms with Crippen molar-refractivity contribution in [3.05, 3.63) is 418 Å². The van der Waals surface area contributed by atoms with Gasteiger partial charge in [-0.15, -0.1) is 0 Å². The summed E-state index contributed by atoms with van der Waals surface area (Å²) in [6.45, 7) is 11.2. The largest absolute Gasteiger partial charge is 0.457 e. The van der Waals surface area contributed by atoms with Crippen LogP contribution in [0.1, 0.15) is 66.8 Å². The fourth-order valence-electron chi connectivity index (χ4n) is 15.0. The number of nitrogens with zero attached hydrogens (tertiary/aromatic N) is 2. The molecule has 1 unspecified atom stereocenters. The average molecular weight is 1340 g/mol. The van der Waals surface area contributed by atoms with Crippen LogP contribution >= 0.6 is 0 Å². The van der Waals surface area contributed by atoms with E-state index in [0.717, 1.165) is 101 Å². The Hall–Kier alpha value is -12.7. The molecule has 0 fully saturated rings. The van der Waals surface area contributed by atoms with Crippen LogP contribution in [0.15, 0.2) is 316 Å². The second-order valence-corrected chi connectivity index (χ2v) is 25.7. The summed E-state index contributed by atoms with van der Waals surface area (Å²) in [7, 11) is 0. The molecule has 0 aliphatic heterocycles. The quantitative estimate of drug-likeness (QED) is 0.0849. The van der Waals surface area contributed by atoms with E-state index in [-0.39, 0.29) is 11.6 Å². The SMILES string of the molecule is C=Cc1ccc(Oc2ccc(C3(c4ccc(F)c(F)c4)c4ccccc4-c4ccc(N(c5ccc(-c6ccc(N(c7ccc(F)c(C)c7)c7ccc8c(c7)[C@](c7ccc(Oc9ccc(C=C)cc9)cc7)(c7ccc(F)c(F)c7)c7ccccc7-8)cc6)cc5)c5ccc(F)c(C)c5)cc43)cc2)cc1. The van der Waals surface area contributed by atoms with E-state index < -0.39 is 34.1 Å². The van der Waals surface area contributed by atoms with Gasteiger partial charge in [-0.3, -0.25) is 0 Å². The summed E-state index contributed by atoms with van der Waals surface area (Å²) in [5.41, 5.74) is 16.3. The van der Waals surface area contributed by atoms with Crippen LogP contribution in [0.4, 0.5) is 60.5 Å². The van der Waals surface area contributed by atoms with E-state index in [0.29, 0.717) is 56.6 Å². The van der Waals surface area contributed by atoms with Crippen molar-refractivity contribution in [3.8, 4) is 56.4 Å². The van der Waals surface area contributed by atoms with Crippen LogP contribution in [-0.4, -0.2) is 0 Å². The molecule has 0 amide bonds. The third kappa shape index (κ3) is 11.0. The Labute approximate surface area is 587 Å². The molecule has 0 saturated heterocycles. The minimum absolute atomic E-state index is 0.357. The van der Waals surface area contributed by atoms with Gasteiger partial charge in [0.25, 0.3) is 0 Å². The van der Waals surface area contributed by atoms with Gasteiger partial charge in [0.1, 0.15) is 34.6 Å². The Morgan fingerprint density at radius 1 is 0.275 bits per heavy atom. The Morgan fingerprint density at radius 2 is 0.578 bits per heavy atom. The number of rotatable bonds is 17. The van der Waals surface area contributed by atoms with E-state index in [2.05, 4.69) is 59.4 Å². The van der Waals surface area contributed by atoms with Gasteiger partial charge >= 0.3 is 0 Å². The standard InChI is InChI=1S/C92H62F6N2O2/c1-5-59-15-37-73(38-16-59)101-75-41-23-63(24-42-75)91(65-27-47-87(95)89(97)53-65)81-13-9-7-11-77(81)79-45-33-71(55-83(79)91)99(69-35-49-85(93)57(3)51-69)67-29-19-61(20-30-67)62-21-31-68(32-22-62)100(70-36-50-86(94)58(4)52-70)72-34-46-80-78-12-8-10-14-82(78)92(84(80)56-72,66-28-48-88(96)90(98)54-66)64-25-43-76(44-26-64)102-74-39-17-60(6-2)18-40-74/h5-56H,1-2H2,3-4H3/t91-,92?/m1/s1. The van der Waals surface area contributed by atoms with Gasteiger partial charge in [-0.05, 0) is 272 Å². The van der Waals surface area contributed by atoms with Gasteiger partial charge in [0.15, 0.2) is 23.3 Å². The van der Waals surface area contributed by atoms with Crippen molar-refractivity contribution in [2.24, 2.45) is 0 Å². The summed E-state index contributed by atoms with van der Waals surface area (Å²) in [5, 5.41) is 0. The molecular formula is C92H62F6N2O2. The van der Waals surface area contributed by atoms with E-state index in [4.69, 9.17) is 9.47 Å². The van der Waals surface area contributed by atoms with E-state index in [1.807, 2.05) is 206 Å². The Morgan fingerprint density at radius 3 is 0.931 bits per heavy atom. The first kappa shape index (κ1) is 64.0. The molecule has 2 atom stereocenters. The molecule has 14 aromatic carbocycles. The minimum atomic E-state index is -1.17. The molecular weight excluding hydrogens is 1280 g/mol. The highest BCUT2D eigenvalue weighted by Crippen LogP contribution is 2.60. The van der Waals surface area contributed by atoms with E-state index in [1.54, 1.807) is 50.3 Å². The molecule has 4 nitrogen and oxygen atoms in total. The molecule has 0 saturated carbocycles. The fraction of sp³-hybridized carbons (Fsp3) is 0.0435. The summed E-state index contributed by atoms with van der Waals surface area (Å²) in [5.74, 6) is -2.17. The van der Waals surface area contributed by atoms with Crippen molar-refractivity contribution in [2.75, 3.05) is 9.80 Å². The fourth-order valence-corrected chi connectivity index (χ4v) is 15.0. The second kappa shape index (κ2) is 25.9. The zero-order chi connectivity index (χ0) is 70.0. The van der Waals surface area contributed by atoms with Crippen LogP contribution in [0.2, 0.25) is 0 Å². The van der Waals surface area contributed by atoms with E-state index in [1.165, 1.54) is 36.4 Å².